The van der Waals surface area contributed by atoms with E-state index in [0.717, 1.165) is 36.7 Å². The topological polar surface area (TPSA) is 29.9 Å². The van der Waals surface area contributed by atoms with Gasteiger partial charge in [0.2, 0.25) is 0 Å². The Morgan fingerprint density at radius 2 is 2.15 bits per heavy atom. The van der Waals surface area contributed by atoms with Crippen LogP contribution in [0.3, 0.4) is 0 Å². The Kier molecular flexibility index (Phi) is 3.34. The van der Waals surface area contributed by atoms with Crippen molar-refractivity contribution < 1.29 is 4.39 Å². The highest BCUT2D eigenvalue weighted by atomic mass is 19.1. The molecule has 2 aromatic rings. The summed E-state index contributed by atoms with van der Waals surface area (Å²) in [6.07, 6.45) is 0.935. The number of rotatable bonds is 2. The fourth-order valence-corrected chi connectivity index (χ4v) is 2.73. The van der Waals surface area contributed by atoms with Gasteiger partial charge in [0, 0.05) is 36.8 Å². The molecule has 0 atom stereocenters. The number of aryl methyl sites for hydroxylation is 1. The summed E-state index contributed by atoms with van der Waals surface area (Å²) in [5.74, 6) is 1.17. The van der Waals surface area contributed by atoms with Crippen LogP contribution < -0.4 is 5.32 Å². The number of benzene rings is 1. The first-order chi connectivity index (χ1) is 9.58. The Hall–Kier alpha value is -1.68. The number of aromatic nitrogens is 2. The van der Waals surface area contributed by atoms with E-state index in [1.54, 1.807) is 13.0 Å². The zero-order valence-corrected chi connectivity index (χ0v) is 12.2. The van der Waals surface area contributed by atoms with Gasteiger partial charge in [0.1, 0.15) is 11.6 Å². The average Bonchev–Trinajstić information content (AvgIpc) is 2.81. The summed E-state index contributed by atoms with van der Waals surface area (Å²) in [5.41, 5.74) is 3.87. The minimum Gasteiger partial charge on any atom is -0.311 e. The molecule has 106 valence electrons. The highest BCUT2D eigenvalue weighted by Crippen LogP contribution is 2.26. The summed E-state index contributed by atoms with van der Waals surface area (Å²) in [6.45, 7) is 7.79. The molecular weight excluding hydrogens is 253 g/mol. The molecule has 3 rings (SSSR count). The molecule has 3 nitrogen and oxygen atoms in total. The highest BCUT2D eigenvalue weighted by molar-refractivity contribution is 5.41. The summed E-state index contributed by atoms with van der Waals surface area (Å²) >= 11 is 0. The molecule has 0 aliphatic carbocycles. The first-order valence-corrected chi connectivity index (χ1v) is 7.15. The molecule has 0 radical (unpaired) electrons. The summed E-state index contributed by atoms with van der Waals surface area (Å²) < 4.78 is 16.0. The zero-order valence-electron chi connectivity index (χ0n) is 12.2. The lowest BCUT2D eigenvalue weighted by molar-refractivity contribution is 0.610. The number of hydrogen-bond acceptors (Lipinski definition) is 2. The van der Waals surface area contributed by atoms with Crippen LogP contribution >= 0.6 is 0 Å². The minimum atomic E-state index is -0.159. The van der Waals surface area contributed by atoms with Gasteiger partial charge < -0.3 is 9.88 Å². The Balaban J connectivity index is 2.20. The largest absolute Gasteiger partial charge is 0.311 e. The predicted molar refractivity (Wildman–Crippen MR) is 77.8 cm³/mol. The lowest BCUT2D eigenvalue weighted by Crippen LogP contribution is -2.24. The average molecular weight is 273 g/mol. The highest BCUT2D eigenvalue weighted by Gasteiger charge is 2.22. The molecule has 1 aromatic heterocycles. The van der Waals surface area contributed by atoms with Gasteiger partial charge in [-0.05, 0) is 24.6 Å². The molecule has 0 bridgehead atoms. The number of halogens is 1. The normalized spacial score (nSPS) is 14.7. The van der Waals surface area contributed by atoms with Crippen molar-refractivity contribution in [3.05, 3.63) is 46.8 Å². The molecule has 0 saturated heterocycles. The maximum absolute atomic E-state index is 13.9. The van der Waals surface area contributed by atoms with E-state index in [9.17, 15) is 4.39 Å². The zero-order chi connectivity index (χ0) is 14.3. The van der Waals surface area contributed by atoms with Crippen molar-refractivity contribution in [2.24, 2.45) is 0 Å². The number of nitrogens with one attached hydrogen (secondary N) is 1. The molecule has 4 heteroatoms. The maximum Gasteiger partial charge on any atom is 0.128 e. The van der Waals surface area contributed by atoms with Crippen LogP contribution in [0.4, 0.5) is 4.39 Å². The van der Waals surface area contributed by atoms with Gasteiger partial charge in [-0.3, -0.25) is 0 Å². The van der Waals surface area contributed by atoms with Gasteiger partial charge in [-0.25, -0.2) is 9.37 Å². The molecule has 0 unspecified atom stereocenters. The van der Waals surface area contributed by atoms with Gasteiger partial charge in [-0.1, -0.05) is 19.9 Å². The molecule has 1 aliphatic rings. The van der Waals surface area contributed by atoms with Crippen molar-refractivity contribution in [2.45, 2.75) is 39.7 Å². The first-order valence-electron chi connectivity index (χ1n) is 7.15. The van der Waals surface area contributed by atoms with Crippen molar-refractivity contribution in [3.8, 4) is 5.69 Å². The molecule has 0 spiro atoms. The van der Waals surface area contributed by atoms with E-state index >= 15 is 0 Å². The summed E-state index contributed by atoms with van der Waals surface area (Å²) in [6, 6.07) is 5.43. The van der Waals surface area contributed by atoms with Crippen LogP contribution in [0.2, 0.25) is 0 Å². The third kappa shape index (κ3) is 2.14. The monoisotopic (exact) mass is 273 g/mol. The van der Waals surface area contributed by atoms with E-state index in [1.807, 2.05) is 12.1 Å². The third-order valence-electron chi connectivity index (χ3n) is 3.84. The Morgan fingerprint density at radius 1 is 1.35 bits per heavy atom. The van der Waals surface area contributed by atoms with Crippen molar-refractivity contribution in [2.75, 3.05) is 6.54 Å². The summed E-state index contributed by atoms with van der Waals surface area (Å²) in [4.78, 5) is 4.76. The lowest BCUT2D eigenvalue weighted by Gasteiger charge is -2.17. The van der Waals surface area contributed by atoms with Crippen LogP contribution in [0, 0.1) is 12.7 Å². The molecule has 20 heavy (non-hydrogen) atoms. The fraction of sp³-hybridized carbons (Fsp3) is 0.438. The van der Waals surface area contributed by atoms with Crippen molar-refractivity contribution in [1.82, 2.24) is 14.9 Å². The van der Waals surface area contributed by atoms with E-state index in [1.165, 1.54) is 5.69 Å². The number of hydrogen-bond donors (Lipinski definition) is 1. The molecule has 0 fully saturated rings. The maximum atomic E-state index is 13.9. The lowest BCUT2D eigenvalue weighted by atomic mass is 10.1. The molecular formula is C16H20FN3. The molecule has 1 N–H and O–H groups in total. The van der Waals surface area contributed by atoms with Crippen LogP contribution in [-0.2, 0) is 13.0 Å². The molecule has 1 aromatic carbocycles. The van der Waals surface area contributed by atoms with E-state index in [2.05, 4.69) is 23.7 Å². The van der Waals surface area contributed by atoms with Gasteiger partial charge in [0.05, 0.1) is 5.69 Å². The van der Waals surface area contributed by atoms with E-state index in [4.69, 9.17) is 4.98 Å². The minimum absolute atomic E-state index is 0.159. The first kappa shape index (κ1) is 13.3. The number of fused-ring (bicyclic) bond motifs is 1. The third-order valence-corrected chi connectivity index (χ3v) is 3.84. The molecule has 0 amide bonds. The van der Waals surface area contributed by atoms with E-state index in [-0.39, 0.29) is 5.82 Å². The van der Waals surface area contributed by atoms with Gasteiger partial charge in [-0.15, -0.1) is 0 Å². The number of nitrogens with zero attached hydrogens (tertiary/aromatic N) is 2. The van der Waals surface area contributed by atoms with Crippen molar-refractivity contribution in [3.63, 3.8) is 0 Å². The Bertz CT molecular complexity index is 643. The summed E-state index contributed by atoms with van der Waals surface area (Å²) in [5, 5.41) is 3.34. The summed E-state index contributed by atoms with van der Waals surface area (Å²) in [7, 11) is 0. The fourth-order valence-electron chi connectivity index (χ4n) is 2.73. The molecule has 1 aliphatic heterocycles. The second kappa shape index (κ2) is 5.02. The van der Waals surface area contributed by atoms with Crippen LogP contribution in [0.5, 0.6) is 0 Å². The van der Waals surface area contributed by atoms with Crippen LogP contribution in [-0.4, -0.2) is 16.1 Å². The van der Waals surface area contributed by atoms with Gasteiger partial charge in [0.15, 0.2) is 0 Å². The predicted octanol–water partition coefficient (Wildman–Crippen LogP) is 3.09. The van der Waals surface area contributed by atoms with Gasteiger partial charge >= 0.3 is 0 Å². The standard InChI is InChI=1S/C16H20FN3/c1-10(2)16-19-14-9-18-7-6-15(14)20(16)12-5-4-11(3)13(17)8-12/h4-5,8,10,18H,6-7,9H2,1-3H3. The smallest absolute Gasteiger partial charge is 0.128 e. The SMILES string of the molecule is Cc1ccc(-n2c(C(C)C)nc3c2CCNC3)cc1F. The van der Waals surface area contributed by atoms with Crippen molar-refractivity contribution >= 4 is 0 Å². The molecule has 2 heterocycles. The Labute approximate surface area is 118 Å². The molecule has 0 saturated carbocycles. The van der Waals surface area contributed by atoms with Crippen LogP contribution in [0.25, 0.3) is 5.69 Å². The van der Waals surface area contributed by atoms with Gasteiger partial charge in [-0.2, -0.15) is 0 Å². The second-order valence-corrected chi connectivity index (χ2v) is 5.71. The number of imidazole rings is 1. The van der Waals surface area contributed by atoms with Crippen LogP contribution in [0.1, 0.15) is 42.5 Å². The Morgan fingerprint density at radius 3 is 2.85 bits per heavy atom. The van der Waals surface area contributed by atoms with Gasteiger partial charge in [0.25, 0.3) is 0 Å². The van der Waals surface area contributed by atoms with E-state index < -0.39 is 0 Å². The van der Waals surface area contributed by atoms with E-state index in [0.29, 0.717) is 11.5 Å². The second-order valence-electron chi connectivity index (χ2n) is 5.71. The van der Waals surface area contributed by atoms with Crippen molar-refractivity contribution in [1.29, 1.82) is 0 Å². The quantitative estimate of drug-likeness (QED) is 0.911. The van der Waals surface area contributed by atoms with Crippen LogP contribution in [0.15, 0.2) is 18.2 Å².